The Labute approximate surface area is 67.7 Å². The van der Waals surface area contributed by atoms with Crippen molar-refractivity contribution < 1.29 is 1.37 Å². The molecule has 1 heteroatoms. The molecule has 0 aliphatic carbocycles. The van der Waals surface area contributed by atoms with Gasteiger partial charge in [-0.15, -0.1) is 0 Å². The van der Waals surface area contributed by atoms with Crippen LogP contribution in [0.4, 0.5) is 0 Å². The van der Waals surface area contributed by atoms with E-state index in [9.17, 15) is 0 Å². The van der Waals surface area contributed by atoms with Crippen LogP contribution in [-0.2, 0) is 7.05 Å². The zero-order valence-corrected chi connectivity index (χ0v) is 6.54. The van der Waals surface area contributed by atoms with Crippen LogP contribution in [0.25, 0.3) is 10.9 Å². The molecule has 2 rings (SSSR count). The molecule has 11 heavy (non-hydrogen) atoms. The zero-order chi connectivity index (χ0) is 8.55. The Bertz CT molecular complexity index is 403. The maximum absolute atomic E-state index is 7.33. The largest absolute Gasteiger partial charge is 0.350 e. The molecule has 0 bridgehead atoms. The average molecular weight is 146 g/mol. The lowest BCUT2D eigenvalue weighted by molar-refractivity contribution is 0.964. The van der Waals surface area contributed by atoms with Gasteiger partial charge in [0, 0.05) is 25.5 Å². The summed E-state index contributed by atoms with van der Waals surface area (Å²) in [6.07, 6.45) is 2.03. The van der Waals surface area contributed by atoms with Gasteiger partial charge in [-0.3, -0.25) is 0 Å². The highest BCUT2D eigenvalue weighted by Crippen LogP contribution is 2.18. The molecule has 0 aliphatic rings. The van der Waals surface area contributed by atoms with Gasteiger partial charge in [-0.1, -0.05) is 18.2 Å². The van der Waals surface area contributed by atoms with E-state index >= 15 is 0 Å². The lowest BCUT2D eigenvalue weighted by atomic mass is 10.2. The molecule has 0 unspecified atom stereocenters. The SMILES string of the molecule is [2H]Cc1cn(C)c2ccccc12. The molecule has 1 heterocycles. The van der Waals surface area contributed by atoms with Crippen LogP contribution in [0.2, 0.25) is 0 Å². The fourth-order valence-corrected chi connectivity index (χ4v) is 1.43. The van der Waals surface area contributed by atoms with Crippen molar-refractivity contribution >= 4 is 10.9 Å². The first-order valence-corrected chi connectivity index (χ1v) is 3.65. The third-order valence-electron chi connectivity index (χ3n) is 1.98. The summed E-state index contributed by atoms with van der Waals surface area (Å²) < 4.78 is 9.39. The Hall–Kier alpha value is -1.24. The standard InChI is InChI=1S/C10H11N/c1-8-7-11(2)10-6-4-3-5-9(8)10/h3-7H,1-2H3/i1D. The van der Waals surface area contributed by atoms with E-state index in [2.05, 4.69) is 16.7 Å². The van der Waals surface area contributed by atoms with Crippen molar-refractivity contribution in [3.05, 3.63) is 36.0 Å². The Morgan fingerprint density at radius 3 is 3.00 bits per heavy atom. The van der Waals surface area contributed by atoms with Crippen LogP contribution in [0.15, 0.2) is 30.5 Å². The summed E-state index contributed by atoms with van der Waals surface area (Å²) in [5.74, 6) is 0. The molecule has 0 atom stereocenters. The van der Waals surface area contributed by atoms with Crippen molar-refractivity contribution in [1.82, 2.24) is 4.57 Å². The van der Waals surface area contributed by atoms with Gasteiger partial charge in [0.05, 0.1) is 0 Å². The lowest BCUT2D eigenvalue weighted by Crippen LogP contribution is -1.81. The molecular weight excluding hydrogens is 134 g/mol. The van der Waals surface area contributed by atoms with Gasteiger partial charge >= 0.3 is 0 Å². The highest BCUT2D eigenvalue weighted by atomic mass is 14.9. The highest BCUT2D eigenvalue weighted by Gasteiger charge is 1.98. The molecule has 2 aromatic rings. The minimum atomic E-state index is 0.362. The number of rotatable bonds is 0. The van der Waals surface area contributed by atoms with Gasteiger partial charge in [-0.05, 0) is 18.5 Å². The van der Waals surface area contributed by atoms with Crippen molar-refractivity contribution in [1.29, 1.82) is 0 Å². The minimum Gasteiger partial charge on any atom is -0.350 e. The predicted molar refractivity (Wildman–Crippen MR) is 47.7 cm³/mol. The van der Waals surface area contributed by atoms with Crippen molar-refractivity contribution in [3.63, 3.8) is 0 Å². The molecule has 1 aromatic heterocycles. The van der Waals surface area contributed by atoms with E-state index in [1.807, 2.05) is 25.4 Å². The summed E-state index contributed by atoms with van der Waals surface area (Å²) in [5.41, 5.74) is 2.31. The molecule has 0 saturated carbocycles. The van der Waals surface area contributed by atoms with Crippen LogP contribution >= 0.6 is 0 Å². The van der Waals surface area contributed by atoms with E-state index in [1.165, 1.54) is 10.9 Å². The number of para-hydroxylation sites is 1. The molecule has 0 radical (unpaired) electrons. The fourth-order valence-electron chi connectivity index (χ4n) is 1.43. The summed E-state index contributed by atoms with van der Waals surface area (Å²) in [6.45, 7) is 0.362. The molecule has 0 aliphatic heterocycles. The lowest BCUT2D eigenvalue weighted by Gasteiger charge is -1.92. The Kier molecular flexibility index (Phi) is 1.05. The molecular formula is C10H11N. The first-order valence-electron chi connectivity index (χ1n) is 4.36. The monoisotopic (exact) mass is 146 g/mol. The van der Waals surface area contributed by atoms with E-state index in [0.29, 0.717) is 6.90 Å². The molecule has 1 aromatic carbocycles. The molecule has 0 N–H and O–H groups in total. The number of fused-ring (bicyclic) bond motifs is 1. The maximum Gasteiger partial charge on any atom is 0.0480 e. The second kappa shape index (κ2) is 2.12. The molecule has 0 spiro atoms. The van der Waals surface area contributed by atoms with Crippen molar-refractivity contribution in [2.45, 2.75) is 6.90 Å². The van der Waals surface area contributed by atoms with Crippen LogP contribution < -0.4 is 0 Å². The number of hydrogen-bond acceptors (Lipinski definition) is 0. The van der Waals surface area contributed by atoms with Crippen LogP contribution in [0.5, 0.6) is 0 Å². The van der Waals surface area contributed by atoms with E-state index in [1.54, 1.807) is 0 Å². The molecule has 0 saturated heterocycles. The summed E-state index contributed by atoms with van der Waals surface area (Å²) in [5, 5.41) is 1.20. The third-order valence-corrected chi connectivity index (χ3v) is 1.98. The minimum absolute atomic E-state index is 0.362. The summed E-state index contributed by atoms with van der Waals surface area (Å²) in [4.78, 5) is 0. The number of hydrogen-bond donors (Lipinski definition) is 0. The van der Waals surface area contributed by atoms with Crippen LogP contribution in [0.1, 0.15) is 6.93 Å². The quantitative estimate of drug-likeness (QED) is 0.538. The van der Waals surface area contributed by atoms with Gasteiger partial charge in [-0.25, -0.2) is 0 Å². The topological polar surface area (TPSA) is 4.93 Å². The van der Waals surface area contributed by atoms with Gasteiger partial charge in [0.1, 0.15) is 0 Å². The fraction of sp³-hybridized carbons (Fsp3) is 0.200. The van der Waals surface area contributed by atoms with Gasteiger partial charge in [-0.2, -0.15) is 0 Å². The van der Waals surface area contributed by atoms with Gasteiger partial charge < -0.3 is 4.57 Å². The molecule has 0 fully saturated rings. The maximum atomic E-state index is 7.33. The number of aromatic nitrogens is 1. The number of benzene rings is 1. The van der Waals surface area contributed by atoms with Gasteiger partial charge in [0.15, 0.2) is 0 Å². The van der Waals surface area contributed by atoms with Crippen molar-refractivity contribution in [2.75, 3.05) is 0 Å². The second-order valence-electron chi connectivity index (χ2n) is 2.78. The van der Waals surface area contributed by atoms with Gasteiger partial charge in [0.25, 0.3) is 0 Å². The van der Waals surface area contributed by atoms with Crippen molar-refractivity contribution in [3.8, 4) is 0 Å². The van der Waals surface area contributed by atoms with E-state index < -0.39 is 0 Å². The Balaban J connectivity index is 2.82. The van der Waals surface area contributed by atoms with Crippen molar-refractivity contribution in [2.24, 2.45) is 7.05 Å². The molecule has 56 valence electrons. The average Bonchev–Trinajstić information content (AvgIpc) is 2.44. The predicted octanol–water partition coefficient (Wildman–Crippen LogP) is 2.49. The smallest absolute Gasteiger partial charge is 0.0480 e. The normalized spacial score (nSPS) is 11.9. The highest BCUT2D eigenvalue weighted by molar-refractivity contribution is 5.83. The second-order valence-corrected chi connectivity index (χ2v) is 2.78. The zero-order valence-electron chi connectivity index (χ0n) is 7.54. The van der Waals surface area contributed by atoms with E-state index in [4.69, 9.17) is 1.37 Å². The van der Waals surface area contributed by atoms with Crippen LogP contribution in [-0.4, -0.2) is 4.57 Å². The number of aryl methyl sites for hydroxylation is 2. The van der Waals surface area contributed by atoms with E-state index in [-0.39, 0.29) is 0 Å². The summed E-state index contributed by atoms with van der Waals surface area (Å²) >= 11 is 0. The summed E-state index contributed by atoms with van der Waals surface area (Å²) in [6, 6.07) is 8.19. The van der Waals surface area contributed by atoms with Crippen LogP contribution in [0.3, 0.4) is 0 Å². The Morgan fingerprint density at radius 2 is 2.18 bits per heavy atom. The first kappa shape index (κ1) is 5.42. The van der Waals surface area contributed by atoms with Crippen LogP contribution in [0, 0.1) is 6.90 Å². The number of nitrogens with zero attached hydrogens (tertiary/aromatic N) is 1. The van der Waals surface area contributed by atoms with Gasteiger partial charge in [0.2, 0.25) is 0 Å². The first-order chi connectivity index (χ1) is 5.83. The summed E-state index contributed by atoms with van der Waals surface area (Å²) in [7, 11) is 2.02. The third kappa shape index (κ3) is 0.845. The molecule has 0 amide bonds. The Morgan fingerprint density at radius 1 is 1.36 bits per heavy atom. The van der Waals surface area contributed by atoms with E-state index in [0.717, 1.165) is 5.56 Å². The molecule has 1 nitrogen and oxygen atoms in total.